The third kappa shape index (κ3) is 4.02. The fourth-order valence-corrected chi connectivity index (χ4v) is 3.69. The molecule has 1 aliphatic heterocycles. The van der Waals surface area contributed by atoms with Gasteiger partial charge in [0, 0.05) is 17.1 Å². The van der Waals surface area contributed by atoms with Crippen LogP contribution in [-0.2, 0) is 0 Å². The van der Waals surface area contributed by atoms with Crippen molar-refractivity contribution in [3.8, 4) is 17.2 Å². The predicted molar refractivity (Wildman–Crippen MR) is 116 cm³/mol. The highest BCUT2D eigenvalue weighted by Gasteiger charge is 2.31. The zero-order valence-electron chi connectivity index (χ0n) is 17.0. The molecule has 3 atom stereocenters. The summed E-state index contributed by atoms with van der Waals surface area (Å²) in [5.41, 5.74) is 2.41. The number of aliphatic hydroxyl groups is 1. The molecular weight excluding hydrogens is 392 g/mol. The van der Waals surface area contributed by atoms with Crippen LogP contribution in [0.4, 0.5) is 0 Å². The van der Waals surface area contributed by atoms with Crippen LogP contribution in [0.15, 0.2) is 79.1 Å². The highest BCUT2D eigenvalue weighted by atomic mass is 16.5. The van der Waals surface area contributed by atoms with Crippen LogP contribution in [0.25, 0.3) is 10.9 Å². The molecule has 31 heavy (non-hydrogen) atoms. The van der Waals surface area contributed by atoms with Crippen LogP contribution in [0.5, 0.6) is 17.2 Å². The first kappa shape index (κ1) is 19.3. The first-order valence-corrected chi connectivity index (χ1v) is 10.2. The number of hydrogen-bond donors (Lipinski definition) is 1. The summed E-state index contributed by atoms with van der Waals surface area (Å²) >= 11 is 0. The molecule has 6 nitrogen and oxygen atoms in total. The summed E-state index contributed by atoms with van der Waals surface area (Å²) in [7, 11) is 0. The third-order valence-corrected chi connectivity index (χ3v) is 5.33. The maximum absolute atomic E-state index is 10.9. The number of nitrogens with zero attached hydrogens (tertiary/aromatic N) is 2. The SMILES string of the molecule is CC(Oc1ccc2c(c1)[C@H](O)[C@H](Oc1cccnc1)CO2)c1ccc2ccccc2n1. The highest BCUT2D eigenvalue weighted by Crippen LogP contribution is 2.37. The lowest BCUT2D eigenvalue weighted by molar-refractivity contribution is -0.0106. The van der Waals surface area contributed by atoms with Crippen LogP contribution in [0.3, 0.4) is 0 Å². The number of para-hydroxylation sites is 1. The molecule has 0 saturated heterocycles. The largest absolute Gasteiger partial charge is 0.489 e. The molecule has 3 heterocycles. The van der Waals surface area contributed by atoms with Gasteiger partial charge in [-0.1, -0.05) is 24.3 Å². The van der Waals surface area contributed by atoms with E-state index in [1.54, 1.807) is 30.6 Å². The van der Waals surface area contributed by atoms with Crippen LogP contribution in [-0.4, -0.2) is 27.8 Å². The van der Waals surface area contributed by atoms with E-state index in [4.69, 9.17) is 19.2 Å². The number of hydrogen-bond acceptors (Lipinski definition) is 6. The Morgan fingerprint density at radius 3 is 2.81 bits per heavy atom. The van der Waals surface area contributed by atoms with E-state index in [9.17, 15) is 5.11 Å². The maximum atomic E-state index is 10.9. The van der Waals surface area contributed by atoms with E-state index >= 15 is 0 Å². The van der Waals surface area contributed by atoms with E-state index in [1.165, 1.54) is 0 Å². The van der Waals surface area contributed by atoms with Crippen LogP contribution in [0.1, 0.15) is 30.4 Å². The molecule has 0 amide bonds. The van der Waals surface area contributed by atoms with Gasteiger partial charge in [-0.2, -0.15) is 0 Å². The lowest BCUT2D eigenvalue weighted by atomic mass is 10.0. The molecule has 2 aromatic carbocycles. The van der Waals surface area contributed by atoms with Crippen molar-refractivity contribution in [3.63, 3.8) is 0 Å². The molecule has 6 heteroatoms. The fourth-order valence-electron chi connectivity index (χ4n) is 3.69. The lowest BCUT2D eigenvalue weighted by Gasteiger charge is -2.31. The average Bonchev–Trinajstić information content (AvgIpc) is 2.81. The van der Waals surface area contributed by atoms with Crippen molar-refractivity contribution in [2.75, 3.05) is 6.61 Å². The van der Waals surface area contributed by atoms with Crippen molar-refractivity contribution in [1.29, 1.82) is 0 Å². The standard InChI is InChI=1S/C25H22N2O4/c1-16(21-10-8-17-5-2-3-7-22(17)27-21)30-18-9-11-23-20(13-18)25(28)24(15-29-23)31-19-6-4-12-26-14-19/h2-14,16,24-25,28H,15H2,1H3/t16?,24-,25+/m1/s1. The van der Waals surface area contributed by atoms with Crippen molar-refractivity contribution in [3.05, 3.63) is 90.4 Å². The van der Waals surface area contributed by atoms with E-state index in [-0.39, 0.29) is 12.7 Å². The van der Waals surface area contributed by atoms with Crippen LogP contribution in [0, 0.1) is 0 Å². The topological polar surface area (TPSA) is 73.7 Å². The molecule has 2 aromatic heterocycles. The molecular formula is C25H22N2O4. The summed E-state index contributed by atoms with van der Waals surface area (Å²) < 4.78 is 17.8. The van der Waals surface area contributed by atoms with E-state index in [1.807, 2.05) is 55.5 Å². The van der Waals surface area contributed by atoms with Gasteiger partial charge in [0.05, 0.1) is 17.4 Å². The van der Waals surface area contributed by atoms with Gasteiger partial charge in [-0.15, -0.1) is 0 Å². The number of rotatable bonds is 5. The number of aliphatic hydroxyl groups excluding tert-OH is 1. The van der Waals surface area contributed by atoms with Gasteiger partial charge in [0.1, 0.15) is 36.1 Å². The second kappa shape index (κ2) is 8.24. The van der Waals surface area contributed by atoms with Crippen molar-refractivity contribution in [2.24, 2.45) is 0 Å². The van der Waals surface area contributed by atoms with Gasteiger partial charge in [0.15, 0.2) is 6.10 Å². The number of aromatic nitrogens is 2. The smallest absolute Gasteiger partial charge is 0.163 e. The van der Waals surface area contributed by atoms with Gasteiger partial charge >= 0.3 is 0 Å². The molecule has 4 aromatic rings. The Kier molecular flexibility index (Phi) is 5.14. The third-order valence-electron chi connectivity index (χ3n) is 5.33. The van der Waals surface area contributed by atoms with Gasteiger partial charge in [-0.25, -0.2) is 4.98 Å². The van der Waals surface area contributed by atoms with E-state index in [2.05, 4.69) is 4.98 Å². The molecule has 0 saturated carbocycles. The summed E-state index contributed by atoms with van der Waals surface area (Å²) in [4.78, 5) is 8.75. The average molecular weight is 414 g/mol. The Morgan fingerprint density at radius 1 is 1.03 bits per heavy atom. The molecule has 156 valence electrons. The summed E-state index contributed by atoms with van der Waals surface area (Å²) in [5.74, 6) is 1.84. The van der Waals surface area contributed by atoms with Crippen LogP contribution >= 0.6 is 0 Å². The van der Waals surface area contributed by atoms with Gasteiger partial charge in [0.2, 0.25) is 0 Å². The van der Waals surface area contributed by atoms with Gasteiger partial charge in [0.25, 0.3) is 0 Å². The summed E-state index contributed by atoms with van der Waals surface area (Å²) in [5, 5.41) is 12.0. The highest BCUT2D eigenvalue weighted by molar-refractivity contribution is 5.78. The van der Waals surface area contributed by atoms with Crippen LogP contribution < -0.4 is 14.2 Å². The summed E-state index contributed by atoms with van der Waals surface area (Å²) in [6.07, 6.45) is 1.64. The molecule has 1 aliphatic rings. The monoisotopic (exact) mass is 414 g/mol. The normalized spacial score (nSPS) is 18.6. The number of pyridine rings is 2. The van der Waals surface area contributed by atoms with E-state index in [0.29, 0.717) is 22.8 Å². The number of ether oxygens (including phenoxy) is 3. The predicted octanol–water partition coefficient (Wildman–Crippen LogP) is 4.64. The van der Waals surface area contributed by atoms with Crippen molar-refractivity contribution < 1.29 is 19.3 Å². The molecule has 0 fully saturated rings. The van der Waals surface area contributed by atoms with Crippen molar-refractivity contribution in [1.82, 2.24) is 9.97 Å². The molecule has 1 N–H and O–H groups in total. The fraction of sp³-hybridized carbons (Fsp3) is 0.200. The second-order valence-corrected chi connectivity index (χ2v) is 7.49. The Hall–Kier alpha value is -3.64. The minimum atomic E-state index is -0.846. The zero-order valence-corrected chi connectivity index (χ0v) is 17.0. The zero-order chi connectivity index (χ0) is 21.2. The molecule has 0 spiro atoms. The van der Waals surface area contributed by atoms with Crippen molar-refractivity contribution in [2.45, 2.75) is 25.2 Å². The Balaban J connectivity index is 1.34. The Labute approximate surface area is 180 Å². The van der Waals surface area contributed by atoms with Gasteiger partial charge < -0.3 is 19.3 Å². The summed E-state index contributed by atoms with van der Waals surface area (Å²) in [6, 6.07) is 21.0. The quantitative estimate of drug-likeness (QED) is 0.513. The van der Waals surface area contributed by atoms with E-state index in [0.717, 1.165) is 16.6 Å². The van der Waals surface area contributed by atoms with Crippen molar-refractivity contribution >= 4 is 10.9 Å². The minimum Gasteiger partial charge on any atom is -0.489 e. The lowest BCUT2D eigenvalue weighted by Crippen LogP contribution is -2.35. The molecule has 0 bridgehead atoms. The van der Waals surface area contributed by atoms with Gasteiger partial charge in [-0.05, 0) is 49.4 Å². The van der Waals surface area contributed by atoms with Gasteiger partial charge in [-0.3, -0.25) is 4.98 Å². The first-order chi connectivity index (χ1) is 15.2. The first-order valence-electron chi connectivity index (χ1n) is 10.2. The maximum Gasteiger partial charge on any atom is 0.163 e. The summed E-state index contributed by atoms with van der Waals surface area (Å²) in [6.45, 7) is 2.21. The van der Waals surface area contributed by atoms with Crippen LogP contribution in [0.2, 0.25) is 0 Å². The molecule has 0 aliphatic carbocycles. The minimum absolute atomic E-state index is 0.251. The molecule has 1 unspecified atom stereocenters. The number of benzene rings is 2. The Bertz CT molecular complexity index is 1200. The molecule has 5 rings (SSSR count). The second-order valence-electron chi connectivity index (χ2n) is 7.49. The van der Waals surface area contributed by atoms with E-state index < -0.39 is 12.2 Å². The Morgan fingerprint density at radius 2 is 1.94 bits per heavy atom. The number of fused-ring (bicyclic) bond motifs is 2. The molecule has 0 radical (unpaired) electrons.